The molecule has 4 nitrogen and oxygen atoms in total. The molecule has 0 amide bonds. The van der Waals surface area contributed by atoms with Gasteiger partial charge in [0.2, 0.25) is 0 Å². The van der Waals surface area contributed by atoms with Crippen LogP contribution in [0.3, 0.4) is 0 Å². The molecule has 3 N–H and O–H groups in total. The van der Waals surface area contributed by atoms with Crippen molar-refractivity contribution in [3.63, 3.8) is 0 Å². The third kappa shape index (κ3) is 2.97. The monoisotopic (exact) mass is 218 g/mol. The maximum atomic E-state index is 5.80. The van der Waals surface area contributed by atoms with E-state index in [-0.39, 0.29) is 0 Å². The van der Waals surface area contributed by atoms with E-state index in [2.05, 4.69) is 22.3 Å². The Bertz CT molecular complexity index is 355. The Hall–Kier alpha value is -1.55. The first kappa shape index (κ1) is 11.0. The van der Waals surface area contributed by atoms with E-state index in [1.165, 1.54) is 5.56 Å². The highest BCUT2D eigenvalue weighted by molar-refractivity contribution is 5.78. The highest BCUT2D eigenvalue weighted by Crippen LogP contribution is 2.03. The van der Waals surface area contributed by atoms with Crippen molar-refractivity contribution in [1.29, 1.82) is 0 Å². The lowest BCUT2D eigenvalue weighted by atomic mass is 10.1. The SMILES string of the molecule is CN1CC(NC(N)=NCc2ccccc2)C1. The molecular formula is C12H18N4. The van der Waals surface area contributed by atoms with Crippen LogP contribution in [-0.2, 0) is 6.54 Å². The van der Waals surface area contributed by atoms with Crippen LogP contribution in [0.15, 0.2) is 35.3 Å². The predicted octanol–water partition coefficient (Wildman–Crippen LogP) is 0.405. The zero-order valence-electron chi connectivity index (χ0n) is 9.56. The van der Waals surface area contributed by atoms with Crippen LogP contribution in [0.1, 0.15) is 5.56 Å². The van der Waals surface area contributed by atoms with E-state index in [4.69, 9.17) is 5.73 Å². The zero-order chi connectivity index (χ0) is 11.4. The van der Waals surface area contributed by atoms with Gasteiger partial charge in [0.1, 0.15) is 0 Å². The number of likely N-dealkylation sites (N-methyl/N-ethyl adjacent to an activating group) is 1. The Morgan fingerprint density at radius 1 is 1.44 bits per heavy atom. The topological polar surface area (TPSA) is 53.6 Å². The van der Waals surface area contributed by atoms with Gasteiger partial charge in [-0.25, -0.2) is 4.99 Å². The lowest BCUT2D eigenvalue weighted by Crippen LogP contribution is -2.58. The van der Waals surface area contributed by atoms with Gasteiger partial charge in [0.15, 0.2) is 5.96 Å². The van der Waals surface area contributed by atoms with Crippen LogP contribution in [0, 0.1) is 0 Å². The highest BCUT2D eigenvalue weighted by Gasteiger charge is 2.22. The van der Waals surface area contributed by atoms with Crippen LogP contribution in [0.25, 0.3) is 0 Å². The standard InChI is InChI=1S/C12H18N4/c1-16-8-11(9-16)15-12(13)14-7-10-5-3-2-4-6-10/h2-6,11H,7-9H2,1H3,(H3,13,14,15). The molecule has 86 valence electrons. The average Bonchev–Trinajstić information content (AvgIpc) is 2.26. The number of guanidine groups is 1. The van der Waals surface area contributed by atoms with E-state index >= 15 is 0 Å². The van der Waals surface area contributed by atoms with E-state index in [1.54, 1.807) is 0 Å². The van der Waals surface area contributed by atoms with Gasteiger partial charge in [-0.2, -0.15) is 0 Å². The van der Waals surface area contributed by atoms with Crippen LogP contribution < -0.4 is 11.1 Å². The molecule has 1 aliphatic rings. The molecule has 0 saturated carbocycles. The molecule has 16 heavy (non-hydrogen) atoms. The van der Waals surface area contributed by atoms with Crippen molar-refractivity contribution in [2.75, 3.05) is 20.1 Å². The molecule has 0 radical (unpaired) electrons. The fraction of sp³-hybridized carbons (Fsp3) is 0.417. The highest BCUT2D eigenvalue weighted by atomic mass is 15.3. The number of hydrogen-bond acceptors (Lipinski definition) is 2. The summed E-state index contributed by atoms with van der Waals surface area (Å²) in [5.41, 5.74) is 6.98. The molecule has 1 heterocycles. The van der Waals surface area contributed by atoms with E-state index in [9.17, 15) is 0 Å². The summed E-state index contributed by atoms with van der Waals surface area (Å²) in [6.45, 7) is 2.73. The number of nitrogens with two attached hydrogens (primary N) is 1. The first-order valence-corrected chi connectivity index (χ1v) is 5.53. The van der Waals surface area contributed by atoms with Gasteiger partial charge < -0.3 is 16.0 Å². The number of aliphatic imine (C=N–C) groups is 1. The van der Waals surface area contributed by atoms with Crippen molar-refractivity contribution in [3.8, 4) is 0 Å². The van der Waals surface area contributed by atoms with E-state index in [1.807, 2.05) is 30.3 Å². The summed E-state index contributed by atoms with van der Waals surface area (Å²) in [5.74, 6) is 0.543. The van der Waals surface area contributed by atoms with Gasteiger partial charge in [-0.05, 0) is 12.6 Å². The molecule has 1 aliphatic heterocycles. The Kier molecular flexibility index (Phi) is 3.41. The maximum absolute atomic E-state index is 5.80. The zero-order valence-corrected chi connectivity index (χ0v) is 9.56. The number of nitrogens with zero attached hydrogens (tertiary/aromatic N) is 2. The lowest BCUT2D eigenvalue weighted by molar-refractivity contribution is 0.177. The van der Waals surface area contributed by atoms with Crippen LogP contribution in [0.5, 0.6) is 0 Å². The molecule has 1 fully saturated rings. The molecule has 1 saturated heterocycles. The van der Waals surface area contributed by atoms with Crippen molar-refractivity contribution >= 4 is 5.96 Å². The van der Waals surface area contributed by atoms with E-state index < -0.39 is 0 Å². The van der Waals surface area contributed by atoms with Crippen molar-refractivity contribution < 1.29 is 0 Å². The second-order valence-electron chi connectivity index (χ2n) is 4.25. The van der Waals surface area contributed by atoms with Gasteiger partial charge in [-0.15, -0.1) is 0 Å². The molecule has 1 aromatic carbocycles. The summed E-state index contributed by atoms with van der Waals surface area (Å²) in [7, 11) is 2.09. The summed E-state index contributed by atoms with van der Waals surface area (Å²) in [4.78, 5) is 6.54. The third-order valence-electron chi connectivity index (χ3n) is 2.69. The molecular weight excluding hydrogens is 200 g/mol. The normalized spacial score (nSPS) is 18.2. The Labute approximate surface area is 96.2 Å². The number of rotatable bonds is 3. The van der Waals surface area contributed by atoms with Crippen molar-refractivity contribution in [2.24, 2.45) is 10.7 Å². The van der Waals surface area contributed by atoms with E-state index in [0.29, 0.717) is 18.5 Å². The first-order chi connectivity index (χ1) is 7.74. The fourth-order valence-electron chi connectivity index (χ4n) is 1.80. The van der Waals surface area contributed by atoms with Crippen molar-refractivity contribution in [3.05, 3.63) is 35.9 Å². The van der Waals surface area contributed by atoms with Crippen molar-refractivity contribution in [1.82, 2.24) is 10.2 Å². The Morgan fingerprint density at radius 3 is 2.75 bits per heavy atom. The van der Waals surface area contributed by atoms with E-state index in [0.717, 1.165) is 13.1 Å². The molecule has 4 heteroatoms. The molecule has 0 spiro atoms. The molecule has 0 atom stereocenters. The Morgan fingerprint density at radius 2 is 2.12 bits per heavy atom. The minimum Gasteiger partial charge on any atom is -0.370 e. The number of likely N-dealkylation sites (tertiary alicyclic amines) is 1. The summed E-state index contributed by atoms with van der Waals surface area (Å²) in [6.07, 6.45) is 0. The van der Waals surface area contributed by atoms with Gasteiger partial charge in [0, 0.05) is 13.1 Å². The van der Waals surface area contributed by atoms with Gasteiger partial charge in [-0.1, -0.05) is 30.3 Å². The van der Waals surface area contributed by atoms with Gasteiger partial charge in [-0.3, -0.25) is 0 Å². The molecule has 0 aliphatic carbocycles. The molecule has 0 aromatic heterocycles. The quantitative estimate of drug-likeness (QED) is 0.570. The third-order valence-corrected chi connectivity index (χ3v) is 2.69. The van der Waals surface area contributed by atoms with Crippen LogP contribution >= 0.6 is 0 Å². The molecule has 0 unspecified atom stereocenters. The molecule has 1 aromatic rings. The summed E-state index contributed by atoms with van der Waals surface area (Å²) < 4.78 is 0. The fourth-order valence-corrected chi connectivity index (χ4v) is 1.80. The van der Waals surface area contributed by atoms with Gasteiger partial charge >= 0.3 is 0 Å². The summed E-state index contributed by atoms with van der Waals surface area (Å²) >= 11 is 0. The minimum absolute atomic E-state index is 0.463. The number of nitrogens with one attached hydrogen (secondary N) is 1. The predicted molar refractivity (Wildman–Crippen MR) is 66.2 cm³/mol. The molecule has 2 rings (SSSR count). The minimum atomic E-state index is 0.463. The number of hydrogen-bond donors (Lipinski definition) is 2. The summed E-state index contributed by atoms with van der Waals surface area (Å²) in [5, 5.41) is 3.20. The smallest absolute Gasteiger partial charge is 0.189 e. The van der Waals surface area contributed by atoms with Crippen LogP contribution in [-0.4, -0.2) is 37.0 Å². The second kappa shape index (κ2) is 4.99. The number of benzene rings is 1. The second-order valence-corrected chi connectivity index (χ2v) is 4.25. The largest absolute Gasteiger partial charge is 0.370 e. The van der Waals surface area contributed by atoms with Crippen molar-refractivity contribution in [2.45, 2.75) is 12.6 Å². The first-order valence-electron chi connectivity index (χ1n) is 5.53. The average molecular weight is 218 g/mol. The van der Waals surface area contributed by atoms with Gasteiger partial charge in [0.05, 0.1) is 12.6 Å². The van der Waals surface area contributed by atoms with Crippen LogP contribution in [0.2, 0.25) is 0 Å². The van der Waals surface area contributed by atoms with Gasteiger partial charge in [0.25, 0.3) is 0 Å². The summed E-state index contributed by atoms with van der Waals surface area (Å²) in [6, 6.07) is 10.6. The Balaban J connectivity index is 1.79. The van der Waals surface area contributed by atoms with Crippen LogP contribution in [0.4, 0.5) is 0 Å². The molecule has 0 bridgehead atoms. The lowest BCUT2D eigenvalue weighted by Gasteiger charge is -2.36. The maximum Gasteiger partial charge on any atom is 0.189 e.